The van der Waals surface area contributed by atoms with Gasteiger partial charge in [0.25, 0.3) is 5.91 Å². The zero-order chi connectivity index (χ0) is 18.2. The number of carbonyl (C=O) groups excluding carboxylic acids is 1. The summed E-state index contributed by atoms with van der Waals surface area (Å²) in [6.07, 6.45) is 1.76. The Morgan fingerprint density at radius 3 is 2.68 bits per heavy atom. The number of aliphatic hydroxyl groups excluding tert-OH is 1. The van der Waals surface area contributed by atoms with Gasteiger partial charge in [0.05, 0.1) is 10.9 Å². The van der Waals surface area contributed by atoms with Gasteiger partial charge >= 0.3 is 0 Å². The topological polar surface area (TPSA) is 106 Å². The molecule has 2 unspecified atom stereocenters. The first-order chi connectivity index (χ1) is 11.8. The Morgan fingerprint density at radius 2 is 2.04 bits per heavy atom. The maximum absolute atomic E-state index is 11.4. The quantitative estimate of drug-likeness (QED) is 0.585. The third-order valence-corrected chi connectivity index (χ3v) is 5.42. The third kappa shape index (κ3) is 3.52. The van der Waals surface area contributed by atoms with E-state index < -0.39 is 17.6 Å². The Morgan fingerprint density at radius 1 is 1.36 bits per heavy atom. The van der Waals surface area contributed by atoms with Crippen LogP contribution in [0.4, 0.5) is 0 Å². The lowest BCUT2D eigenvalue weighted by atomic mass is 9.97. The molecule has 0 fully saturated rings. The van der Waals surface area contributed by atoms with E-state index in [0.717, 1.165) is 14.6 Å². The van der Waals surface area contributed by atoms with Crippen molar-refractivity contribution in [1.82, 2.24) is 4.98 Å². The molecule has 3 aromatic rings. The number of nitrogens with zero attached hydrogens (tertiary/aromatic N) is 1. The minimum absolute atomic E-state index is 0.396. The molecule has 2 heterocycles. The lowest BCUT2D eigenvalue weighted by molar-refractivity contribution is -0.146. The molecule has 3 rings (SSSR count). The van der Waals surface area contributed by atoms with Gasteiger partial charge in [-0.2, -0.15) is 0 Å². The second-order valence-corrected chi connectivity index (χ2v) is 7.70. The second-order valence-electron chi connectivity index (χ2n) is 5.67. The normalized spacial score (nSPS) is 14.9. The third-order valence-electron chi connectivity index (χ3n) is 3.77. The van der Waals surface area contributed by atoms with Crippen LogP contribution in [0.25, 0.3) is 10.1 Å². The Labute approximate surface area is 156 Å². The molecule has 0 saturated carbocycles. The Bertz CT molecular complexity index is 924. The first-order valence-electron chi connectivity index (χ1n) is 7.30. The Kier molecular flexibility index (Phi) is 4.79. The molecule has 0 aliphatic rings. The van der Waals surface area contributed by atoms with Crippen LogP contribution in [0.1, 0.15) is 17.9 Å². The van der Waals surface area contributed by atoms with E-state index in [0.29, 0.717) is 16.4 Å². The van der Waals surface area contributed by atoms with E-state index in [-0.39, 0.29) is 0 Å². The number of amides is 1. The second kappa shape index (κ2) is 6.72. The zero-order valence-electron chi connectivity index (χ0n) is 13.1. The van der Waals surface area contributed by atoms with Crippen molar-refractivity contribution < 1.29 is 19.7 Å². The average Bonchev–Trinajstić information content (AvgIpc) is 3.01. The summed E-state index contributed by atoms with van der Waals surface area (Å²) in [4.78, 5) is 15.9. The number of carbonyl (C=O) groups is 1. The fourth-order valence-electron chi connectivity index (χ4n) is 2.21. The lowest BCUT2D eigenvalue weighted by Gasteiger charge is -2.24. The number of aromatic nitrogens is 1. The molecule has 2 aromatic heterocycles. The van der Waals surface area contributed by atoms with E-state index in [1.807, 2.05) is 24.3 Å². The summed E-state index contributed by atoms with van der Waals surface area (Å²) < 4.78 is 7.55. The number of rotatable bonds is 5. The molecular formula is C17H15BrN2O4S. The molecule has 1 aromatic carbocycles. The van der Waals surface area contributed by atoms with E-state index in [4.69, 9.17) is 10.5 Å². The van der Waals surface area contributed by atoms with Crippen LogP contribution in [0.3, 0.4) is 0 Å². The molecule has 130 valence electrons. The fourth-order valence-corrected chi connectivity index (χ4v) is 3.63. The number of fused-ring (bicyclic) bond motifs is 1. The van der Waals surface area contributed by atoms with Crippen molar-refractivity contribution in [3.8, 4) is 11.5 Å². The van der Waals surface area contributed by atoms with Gasteiger partial charge in [-0.05, 0) is 37.3 Å². The number of benzene rings is 1. The Hall–Kier alpha value is -2.00. The van der Waals surface area contributed by atoms with Gasteiger partial charge in [-0.25, -0.2) is 0 Å². The predicted octanol–water partition coefficient (Wildman–Crippen LogP) is 3.12. The number of ether oxygens (including phenoxy) is 1. The summed E-state index contributed by atoms with van der Waals surface area (Å²) in [6.45, 7) is 1.18. The van der Waals surface area contributed by atoms with Crippen LogP contribution in [0.15, 0.2) is 47.2 Å². The highest BCUT2D eigenvalue weighted by Gasteiger charge is 2.38. The summed E-state index contributed by atoms with van der Waals surface area (Å²) in [6, 6.07) is 9.00. The first kappa shape index (κ1) is 17.8. The summed E-state index contributed by atoms with van der Waals surface area (Å²) in [5.41, 5.74) is 3.09. The Balaban J connectivity index is 1.98. The minimum atomic E-state index is -2.07. The van der Waals surface area contributed by atoms with Gasteiger partial charge in [-0.15, -0.1) is 11.3 Å². The van der Waals surface area contributed by atoms with E-state index >= 15 is 0 Å². The number of halogens is 1. The molecule has 1 amide bonds. The summed E-state index contributed by atoms with van der Waals surface area (Å²) in [5, 5.41) is 21.1. The predicted molar refractivity (Wildman–Crippen MR) is 98.6 cm³/mol. The number of pyridine rings is 1. The molecule has 4 N–H and O–H groups in total. The van der Waals surface area contributed by atoms with E-state index in [1.165, 1.54) is 18.3 Å². The van der Waals surface area contributed by atoms with Gasteiger partial charge in [0.2, 0.25) is 0 Å². The molecule has 0 bridgehead atoms. The monoisotopic (exact) mass is 422 g/mol. The van der Waals surface area contributed by atoms with Gasteiger partial charge < -0.3 is 20.7 Å². The smallest absolute Gasteiger partial charge is 0.252 e. The van der Waals surface area contributed by atoms with Gasteiger partial charge in [-0.1, -0.05) is 15.9 Å². The number of nitrogens with two attached hydrogens (primary N) is 1. The van der Waals surface area contributed by atoms with Crippen LogP contribution >= 0.6 is 27.3 Å². The van der Waals surface area contributed by atoms with Crippen molar-refractivity contribution in [2.45, 2.75) is 18.6 Å². The van der Waals surface area contributed by atoms with Gasteiger partial charge in [0.1, 0.15) is 11.9 Å². The van der Waals surface area contributed by atoms with Crippen LogP contribution in [0, 0.1) is 0 Å². The van der Waals surface area contributed by atoms with Crippen molar-refractivity contribution in [1.29, 1.82) is 0 Å². The molecule has 0 aliphatic carbocycles. The molecule has 0 spiro atoms. The van der Waals surface area contributed by atoms with Crippen LogP contribution in [-0.4, -0.2) is 26.7 Å². The van der Waals surface area contributed by atoms with Crippen molar-refractivity contribution in [2.75, 3.05) is 0 Å². The zero-order valence-corrected chi connectivity index (χ0v) is 15.5. The molecule has 8 heteroatoms. The average molecular weight is 423 g/mol. The summed E-state index contributed by atoms with van der Waals surface area (Å²) in [5.74, 6) is 0.144. The lowest BCUT2D eigenvalue weighted by Crippen LogP contribution is -2.45. The van der Waals surface area contributed by atoms with E-state index in [2.05, 4.69) is 20.9 Å². The van der Waals surface area contributed by atoms with Crippen molar-refractivity contribution in [3.63, 3.8) is 0 Å². The number of aliphatic hydroxyl groups is 2. The van der Waals surface area contributed by atoms with E-state index in [1.54, 1.807) is 18.5 Å². The highest BCUT2D eigenvalue weighted by atomic mass is 79.9. The van der Waals surface area contributed by atoms with Gasteiger partial charge in [0.15, 0.2) is 11.4 Å². The number of thiophene rings is 1. The molecule has 0 saturated heterocycles. The fraction of sp³-hybridized carbons (Fsp3) is 0.176. The molecule has 0 aliphatic heterocycles. The highest BCUT2D eigenvalue weighted by Crippen LogP contribution is 2.39. The van der Waals surface area contributed by atoms with Gasteiger partial charge in [0, 0.05) is 20.9 Å². The molecule has 25 heavy (non-hydrogen) atoms. The standard InChI is InChI=1S/C17H15BrN2O4S/c1-17(23,16(19)22)15(21)13-6-11-12(7-20-8-14(11)25-13)24-10-4-2-9(18)3-5-10/h2-8,15,21,23H,1H3,(H2,19,22). The molecule has 2 atom stereocenters. The SMILES string of the molecule is CC(O)(C(N)=O)C(O)c1cc2c(Oc3ccc(Br)cc3)cncc2s1. The first-order valence-corrected chi connectivity index (χ1v) is 8.91. The molecule has 0 radical (unpaired) electrons. The van der Waals surface area contributed by atoms with Crippen molar-refractivity contribution in [2.24, 2.45) is 5.73 Å². The van der Waals surface area contributed by atoms with E-state index in [9.17, 15) is 15.0 Å². The van der Waals surface area contributed by atoms with Crippen molar-refractivity contribution >= 4 is 43.3 Å². The highest BCUT2D eigenvalue weighted by molar-refractivity contribution is 9.10. The largest absolute Gasteiger partial charge is 0.455 e. The number of hydrogen-bond donors (Lipinski definition) is 3. The van der Waals surface area contributed by atoms with Crippen LogP contribution < -0.4 is 10.5 Å². The van der Waals surface area contributed by atoms with Crippen LogP contribution in [0.5, 0.6) is 11.5 Å². The maximum atomic E-state index is 11.4. The van der Waals surface area contributed by atoms with Crippen molar-refractivity contribution in [3.05, 3.63) is 52.1 Å². The molecular weight excluding hydrogens is 408 g/mol. The minimum Gasteiger partial charge on any atom is -0.455 e. The van der Waals surface area contributed by atoms with Crippen LogP contribution in [0.2, 0.25) is 0 Å². The van der Waals surface area contributed by atoms with Crippen LogP contribution in [-0.2, 0) is 4.79 Å². The molecule has 6 nitrogen and oxygen atoms in total. The number of hydrogen-bond acceptors (Lipinski definition) is 6. The number of primary amides is 1. The maximum Gasteiger partial charge on any atom is 0.252 e. The summed E-state index contributed by atoms with van der Waals surface area (Å²) in [7, 11) is 0. The van der Waals surface area contributed by atoms with Gasteiger partial charge in [-0.3, -0.25) is 9.78 Å². The summed E-state index contributed by atoms with van der Waals surface area (Å²) >= 11 is 4.57.